The molecule has 0 aromatic rings. The first-order valence-electron chi connectivity index (χ1n) is 3.27. The average molecular weight is 131 g/mol. The largest absolute Gasteiger partial charge is 0.162 e. The lowest BCUT2D eigenvalue weighted by atomic mass is 10.4. The molecule has 0 aliphatic carbocycles. The number of rotatable bonds is 5. The van der Waals surface area contributed by atoms with Crippen LogP contribution in [0.1, 0.15) is 26.7 Å². The topological polar surface area (TPSA) is 0 Å². The quantitative estimate of drug-likeness (QED) is 0.517. The van der Waals surface area contributed by atoms with Gasteiger partial charge < -0.3 is 0 Å². The van der Waals surface area contributed by atoms with E-state index in [1.807, 2.05) is 11.8 Å². The lowest BCUT2D eigenvalue weighted by molar-refractivity contribution is 0.896. The fourth-order valence-electron chi connectivity index (χ4n) is 0.448. The molecule has 0 rings (SSSR count). The summed E-state index contributed by atoms with van der Waals surface area (Å²) in [6.07, 6.45) is 4.91. The van der Waals surface area contributed by atoms with E-state index in [4.69, 9.17) is 0 Å². The Kier molecular flexibility index (Phi) is 7.67. The lowest BCUT2D eigenvalue weighted by Gasteiger charge is -1.94. The van der Waals surface area contributed by atoms with Crippen molar-refractivity contribution in [2.24, 2.45) is 0 Å². The van der Waals surface area contributed by atoms with Gasteiger partial charge in [0.25, 0.3) is 0 Å². The summed E-state index contributed by atoms with van der Waals surface area (Å²) in [5, 5.41) is 0. The summed E-state index contributed by atoms with van der Waals surface area (Å²) in [4.78, 5) is 0. The summed E-state index contributed by atoms with van der Waals surface area (Å²) in [5.41, 5.74) is 0. The number of hydrogen-bond acceptors (Lipinski definition) is 1. The van der Waals surface area contributed by atoms with Gasteiger partial charge in [0.05, 0.1) is 0 Å². The highest BCUT2D eigenvalue weighted by atomic mass is 32.2. The molecule has 0 nitrogen and oxygen atoms in total. The molecule has 1 radical (unpaired) electrons. The van der Waals surface area contributed by atoms with Gasteiger partial charge in [0.2, 0.25) is 0 Å². The van der Waals surface area contributed by atoms with Gasteiger partial charge in [0.1, 0.15) is 0 Å². The molecular formula is C7H15S. The molecule has 8 heavy (non-hydrogen) atoms. The minimum atomic E-state index is 1.22. The van der Waals surface area contributed by atoms with Crippen LogP contribution in [-0.4, -0.2) is 11.5 Å². The van der Waals surface area contributed by atoms with Crippen molar-refractivity contribution in [2.45, 2.75) is 26.7 Å². The first-order chi connectivity index (χ1) is 3.91. The van der Waals surface area contributed by atoms with Crippen molar-refractivity contribution >= 4 is 11.8 Å². The van der Waals surface area contributed by atoms with Crippen LogP contribution in [0.25, 0.3) is 0 Å². The second kappa shape index (κ2) is 7.35. The summed E-state index contributed by atoms with van der Waals surface area (Å²) < 4.78 is 0. The third-order valence-corrected chi connectivity index (χ3v) is 2.07. The van der Waals surface area contributed by atoms with Crippen molar-refractivity contribution in [3.05, 3.63) is 6.42 Å². The third kappa shape index (κ3) is 6.35. The molecule has 0 unspecified atom stereocenters. The Balaban J connectivity index is 2.53. The van der Waals surface area contributed by atoms with Crippen LogP contribution in [0.3, 0.4) is 0 Å². The highest BCUT2D eigenvalue weighted by molar-refractivity contribution is 7.99. The summed E-state index contributed by atoms with van der Waals surface area (Å²) in [6, 6.07) is 0. The molecule has 0 heterocycles. The molecule has 0 saturated carbocycles. The molecule has 0 aromatic carbocycles. The molecule has 0 bridgehead atoms. The Bertz CT molecular complexity index is 29.4. The monoisotopic (exact) mass is 131 g/mol. The molecule has 0 spiro atoms. The number of unbranched alkanes of at least 4 members (excludes halogenated alkanes) is 1. The van der Waals surface area contributed by atoms with Crippen molar-refractivity contribution in [2.75, 3.05) is 11.5 Å². The Morgan fingerprint density at radius 1 is 1.50 bits per heavy atom. The van der Waals surface area contributed by atoms with E-state index >= 15 is 0 Å². The molecule has 0 aromatic heterocycles. The predicted molar refractivity (Wildman–Crippen MR) is 42.2 cm³/mol. The molecule has 0 aliphatic rings. The summed E-state index contributed by atoms with van der Waals surface area (Å²) in [5.74, 6) is 2.56. The Hall–Kier alpha value is 0.350. The molecular weight excluding hydrogens is 116 g/mol. The van der Waals surface area contributed by atoms with E-state index in [0.717, 1.165) is 0 Å². The van der Waals surface area contributed by atoms with Crippen LogP contribution in [0.5, 0.6) is 0 Å². The Morgan fingerprint density at radius 2 is 2.25 bits per heavy atom. The van der Waals surface area contributed by atoms with E-state index in [-0.39, 0.29) is 0 Å². The van der Waals surface area contributed by atoms with Crippen molar-refractivity contribution in [1.82, 2.24) is 0 Å². The fourth-order valence-corrected chi connectivity index (χ4v) is 1.34. The highest BCUT2D eigenvalue weighted by Crippen LogP contribution is 2.04. The van der Waals surface area contributed by atoms with Crippen molar-refractivity contribution in [3.63, 3.8) is 0 Å². The van der Waals surface area contributed by atoms with Gasteiger partial charge in [-0.25, -0.2) is 0 Å². The zero-order valence-electron chi connectivity index (χ0n) is 5.81. The lowest BCUT2D eigenvalue weighted by Crippen LogP contribution is -1.79. The smallest absolute Gasteiger partial charge is 0.00389 e. The summed E-state index contributed by atoms with van der Waals surface area (Å²) in [6.45, 7) is 4.34. The zero-order valence-corrected chi connectivity index (χ0v) is 6.63. The van der Waals surface area contributed by atoms with E-state index in [2.05, 4.69) is 20.3 Å². The summed E-state index contributed by atoms with van der Waals surface area (Å²) >= 11 is 2.02. The minimum Gasteiger partial charge on any atom is -0.162 e. The molecule has 0 aliphatic heterocycles. The standard InChI is InChI=1S/C7H15S/c1-3-5-7-8-6-4-2/h4H,3,5-7H2,1-2H3. The van der Waals surface area contributed by atoms with Crippen molar-refractivity contribution in [1.29, 1.82) is 0 Å². The van der Waals surface area contributed by atoms with Gasteiger partial charge in [0.15, 0.2) is 0 Å². The molecule has 0 fully saturated rings. The van der Waals surface area contributed by atoms with Gasteiger partial charge in [-0.3, -0.25) is 0 Å². The molecule has 49 valence electrons. The minimum absolute atomic E-state index is 1.22. The fraction of sp³-hybridized carbons (Fsp3) is 0.857. The van der Waals surface area contributed by atoms with Crippen LogP contribution < -0.4 is 0 Å². The van der Waals surface area contributed by atoms with E-state index in [9.17, 15) is 0 Å². The maximum Gasteiger partial charge on any atom is -0.00389 e. The zero-order chi connectivity index (χ0) is 6.24. The van der Waals surface area contributed by atoms with E-state index in [1.54, 1.807) is 0 Å². The second-order valence-electron chi connectivity index (χ2n) is 1.84. The van der Waals surface area contributed by atoms with Crippen LogP contribution in [0.2, 0.25) is 0 Å². The third-order valence-electron chi connectivity index (χ3n) is 0.927. The maximum absolute atomic E-state index is 2.23. The van der Waals surface area contributed by atoms with Gasteiger partial charge in [-0.15, -0.1) is 0 Å². The first-order valence-corrected chi connectivity index (χ1v) is 4.42. The Labute approximate surface area is 57.1 Å². The van der Waals surface area contributed by atoms with E-state index in [0.29, 0.717) is 0 Å². The van der Waals surface area contributed by atoms with Gasteiger partial charge in [-0.1, -0.05) is 20.3 Å². The van der Waals surface area contributed by atoms with Gasteiger partial charge in [-0.2, -0.15) is 11.8 Å². The van der Waals surface area contributed by atoms with Gasteiger partial charge in [0, 0.05) is 0 Å². The van der Waals surface area contributed by atoms with Gasteiger partial charge >= 0.3 is 0 Å². The SMILES string of the molecule is C[CH]CSCCCC. The van der Waals surface area contributed by atoms with Gasteiger partial charge in [-0.05, 0) is 24.3 Å². The highest BCUT2D eigenvalue weighted by Gasteiger charge is 1.83. The average Bonchev–Trinajstić information content (AvgIpc) is 1.81. The molecule has 0 atom stereocenters. The molecule has 0 saturated heterocycles. The molecule has 0 N–H and O–H groups in total. The normalized spacial score (nSPS) is 9.75. The molecule has 0 amide bonds. The van der Waals surface area contributed by atoms with E-state index in [1.165, 1.54) is 24.3 Å². The van der Waals surface area contributed by atoms with Crippen LogP contribution in [0.4, 0.5) is 0 Å². The van der Waals surface area contributed by atoms with Crippen LogP contribution in [-0.2, 0) is 0 Å². The molecule has 1 heteroatoms. The van der Waals surface area contributed by atoms with Crippen LogP contribution in [0.15, 0.2) is 0 Å². The van der Waals surface area contributed by atoms with Crippen molar-refractivity contribution < 1.29 is 0 Å². The number of thioether (sulfide) groups is 1. The van der Waals surface area contributed by atoms with Crippen LogP contribution in [0, 0.1) is 6.42 Å². The van der Waals surface area contributed by atoms with Crippen molar-refractivity contribution in [3.8, 4) is 0 Å². The van der Waals surface area contributed by atoms with Crippen LogP contribution >= 0.6 is 11.8 Å². The first kappa shape index (κ1) is 8.35. The predicted octanol–water partition coefficient (Wildman–Crippen LogP) is 2.74. The second-order valence-corrected chi connectivity index (χ2v) is 2.99. The summed E-state index contributed by atoms with van der Waals surface area (Å²) in [7, 11) is 0. The number of hydrogen-bond donors (Lipinski definition) is 0. The Morgan fingerprint density at radius 3 is 2.75 bits per heavy atom. The van der Waals surface area contributed by atoms with E-state index < -0.39 is 0 Å². The maximum atomic E-state index is 2.23.